The van der Waals surface area contributed by atoms with Crippen LogP contribution in [-0.2, 0) is 0 Å². The summed E-state index contributed by atoms with van der Waals surface area (Å²) >= 11 is 0. The summed E-state index contributed by atoms with van der Waals surface area (Å²) in [5, 5.41) is 3.27. The summed E-state index contributed by atoms with van der Waals surface area (Å²) in [6, 6.07) is 0.922. The Balaban J connectivity index is 1.72. The third-order valence-electron chi connectivity index (χ3n) is 4.74. The lowest BCUT2D eigenvalue weighted by atomic mass is 9.91. The second-order valence-electron chi connectivity index (χ2n) is 5.85. The van der Waals surface area contributed by atoms with E-state index in [9.17, 15) is 0 Å². The van der Waals surface area contributed by atoms with Gasteiger partial charge in [-0.25, -0.2) is 0 Å². The van der Waals surface area contributed by atoms with Gasteiger partial charge in [0, 0.05) is 6.04 Å². The fourth-order valence-electron chi connectivity index (χ4n) is 3.59. The first kappa shape index (κ1) is 12.4. The van der Waals surface area contributed by atoms with Crippen molar-refractivity contribution in [1.29, 1.82) is 0 Å². The van der Waals surface area contributed by atoms with Crippen molar-refractivity contribution in [1.82, 2.24) is 10.2 Å². The van der Waals surface area contributed by atoms with Crippen LogP contribution in [0.25, 0.3) is 0 Å². The first-order valence-electron chi connectivity index (χ1n) is 7.20. The van der Waals surface area contributed by atoms with Gasteiger partial charge in [0.2, 0.25) is 0 Å². The third kappa shape index (κ3) is 2.98. The molecule has 2 fully saturated rings. The molecule has 0 amide bonds. The number of nitrogens with one attached hydrogen (secondary N) is 1. The van der Waals surface area contributed by atoms with Crippen LogP contribution in [0.1, 0.15) is 45.4 Å². The maximum Gasteiger partial charge on any atom is 0.0121 e. The summed E-state index contributed by atoms with van der Waals surface area (Å²) in [6.45, 7) is 6.38. The molecule has 2 unspecified atom stereocenters. The van der Waals surface area contributed by atoms with E-state index in [1.165, 1.54) is 58.2 Å². The average Bonchev–Trinajstić information content (AvgIpc) is 2.74. The van der Waals surface area contributed by atoms with E-state index in [4.69, 9.17) is 0 Å². The molecule has 1 aliphatic heterocycles. The molecular formula is C14H28N2. The molecule has 0 aromatic rings. The summed E-state index contributed by atoms with van der Waals surface area (Å²) in [5.41, 5.74) is 0. The van der Waals surface area contributed by atoms with Crippen molar-refractivity contribution < 1.29 is 0 Å². The van der Waals surface area contributed by atoms with Crippen molar-refractivity contribution in [3.05, 3.63) is 0 Å². The summed E-state index contributed by atoms with van der Waals surface area (Å²) in [5.74, 6) is 1.94. The number of hydrogen-bond acceptors (Lipinski definition) is 2. The van der Waals surface area contributed by atoms with Crippen LogP contribution in [0.3, 0.4) is 0 Å². The Kier molecular flexibility index (Phi) is 4.66. The van der Waals surface area contributed by atoms with Crippen molar-refractivity contribution in [3.8, 4) is 0 Å². The van der Waals surface area contributed by atoms with Gasteiger partial charge in [-0.15, -0.1) is 0 Å². The van der Waals surface area contributed by atoms with E-state index in [2.05, 4.69) is 24.2 Å². The molecule has 2 nitrogen and oxygen atoms in total. The number of hydrogen-bond donors (Lipinski definition) is 1. The lowest BCUT2D eigenvalue weighted by Gasteiger charge is -2.37. The highest BCUT2D eigenvalue weighted by Crippen LogP contribution is 2.32. The molecule has 2 rings (SSSR count). The molecule has 0 radical (unpaired) electrons. The van der Waals surface area contributed by atoms with Crippen molar-refractivity contribution in [3.63, 3.8) is 0 Å². The predicted octanol–water partition coefficient (Wildman–Crippen LogP) is 2.50. The predicted molar refractivity (Wildman–Crippen MR) is 69.6 cm³/mol. The Morgan fingerprint density at radius 3 is 2.44 bits per heavy atom. The van der Waals surface area contributed by atoms with Gasteiger partial charge in [0.15, 0.2) is 0 Å². The monoisotopic (exact) mass is 224 g/mol. The number of piperidine rings is 1. The molecule has 0 aromatic carbocycles. The largest absolute Gasteiger partial charge is 0.320 e. The number of rotatable bonds is 4. The minimum absolute atomic E-state index is 0.922. The normalized spacial score (nSPS) is 33.4. The molecule has 1 heterocycles. The fraction of sp³-hybridized carbons (Fsp3) is 1.00. The minimum atomic E-state index is 0.922. The van der Waals surface area contributed by atoms with Gasteiger partial charge >= 0.3 is 0 Å². The van der Waals surface area contributed by atoms with Crippen LogP contribution in [0.15, 0.2) is 0 Å². The minimum Gasteiger partial charge on any atom is -0.320 e. The van der Waals surface area contributed by atoms with Crippen LogP contribution in [0.4, 0.5) is 0 Å². The van der Waals surface area contributed by atoms with E-state index >= 15 is 0 Å². The smallest absolute Gasteiger partial charge is 0.0121 e. The molecule has 2 heteroatoms. The zero-order valence-electron chi connectivity index (χ0n) is 11.0. The first-order chi connectivity index (χ1) is 7.81. The fourth-order valence-corrected chi connectivity index (χ4v) is 3.59. The van der Waals surface area contributed by atoms with Gasteiger partial charge < -0.3 is 10.2 Å². The van der Waals surface area contributed by atoms with Gasteiger partial charge in [0.25, 0.3) is 0 Å². The van der Waals surface area contributed by atoms with E-state index in [0.29, 0.717) is 0 Å². The van der Waals surface area contributed by atoms with E-state index < -0.39 is 0 Å². The molecule has 2 atom stereocenters. The molecule has 0 spiro atoms. The second kappa shape index (κ2) is 6.02. The van der Waals surface area contributed by atoms with Gasteiger partial charge in [-0.1, -0.05) is 13.3 Å². The van der Waals surface area contributed by atoms with Crippen LogP contribution in [0.5, 0.6) is 0 Å². The van der Waals surface area contributed by atoms with E-state index in [-0.39, 0.29) is 0 Å². The van der Waals surface area contributed by atoms with E-state index in [0.717, 1.165) is 17.9 Å². The topological polar surface area (TPSA) is 15.3 Å². The third-order valence-corrected chi connectivity index (χ3v) is 4.74. The average molecular weight is 224 g/mol. The van der Waals surface area contributed by atoms with Gasteiger partial charge in [-0.05, 0) is 70.6 Å². The summed E-state index contributed by atoms with van der Waals surface area (Å²) in [4.78, 5) is 2.79. The molecule has 0 aromatic heterocycles. The molecule has 0 bridgehead atoms. The van der Waals surface area contributed by atoms with Crippen molar-refractivity contribution >= 4 is 0 Å². The zero-order valence-corrected chi connectivity index (χ0v) is 11.0. The maximum atomic E-state index is 3.27. The van der Waals surface area contributed by atoms with Crippen molar-refractivity contribution in [2.75, 3.05) is 26.7 Å². The van der Waals surface area contributed by atoms with E-state index in [1.807, 2.05) is 0 Å². The molecule has 94 valence electrons. The second-order valence-corrected chi connectivity index (χ2v) is 5.85. The molecule has 16 heavy (non-hydrogen) atoms. The highest BCUT2D eigenvalue weighted by atomic mass is 15.2. The van der Waals surface area contributed by atoms with Gasteiger partial charge in [0.1, 0.15) is 0 Å². The number of likely N-dealkylation sites (tertiary alicyclic amines) is 1. The van der Waals surface area contributed by atoms with Gasteiger partial charge in [-0.2, -0.15) is 0 Å². The maximum absolute atomic E-state index is 3.27. The van der Waals surface area contributed by atoms with Crippen LogP contribution < -0.4 is 5.32 Å². The molecule has 1 saturated carbocycles. The Labute approximate surface area is 101 Å². The highest BCUT2D eigenvalue weighted by molar-refractivity contribution is 4.85. The first-order valence-corrected chi connectivity index (χ1v) is 7.20. The van der Waals surface area contributed by atoms with Crippen LogP contribution in [0, 0.1) is 11.8 Å². The standard InChI is InChI=1S/C14H28N2/c1-12-4-3-5-14(12)16-10-7-13(8-11-16)6-9-15-2/h12-15H,3-11H2,1-2H3. The SMILES string of the molecule is CNCCC1CCN(C2CCCC2C)CC1. The zero-order chi connectivity index (χ0) is 11.4. The molecule has 2 aliphatic rings. The summed E-state index contributed by atoms with van der Waals surface area (Å²) in [7, 11) is 2.06. The lowest BCUT2D eigenvalue weighted by molar-refractivity contribution is 0.110. The van der Waals surface area contributed by atoms with Gasteiger partial charge in [-0.3, -0.25) is 0 Å². The highest BCUT2D eigenvalue weighted by Gasteiger charge is 2.31. The van der Waals surface area contributed by atoms with Crippen LogP contribution >= 0.6 is 0 Å². The lowest BCUT2D eigenvalue weighted by Crippen LogP contribution is -2.42. The van der Waals surface area contributed by atoms with Crippen LogP contribution in [-0.4, -0.2) is 37.6 Å². The molecule has 1 N–H and O–H groups in total. The number of nitrogens with zero attached hydrogens (tertiary/aromatic N) is 1. The summed E-state index contributed by atoms with van der Waals surface area (Å²) < 4.78 is 0. The van der Waals surface area contributed by atoms with Gasteiger partial charge in [0.05, 0.1) is 0 Å². The van der Waals surface area contributed by atoms with Crippen molar-refractivity contribution in [2.45, 2.75) is 51.5 Å². The summed E-state index contributed by atoms with van der Waals surface area (Å²) in [6.07, 6.45) is 8.64. The van der Waals surface area contributed by atoms with E-state index in [1.54, 1.807) is 0 Å². The van der Waals surface area contributed by atoms with Crippen LogP contribution in [0.2, 0.25) is 0 Å². The Morgan fingerprint density at radius 2 is 1.88 bits per heavy atom. The van der Waals surface area contributed by atoms with Crippen molar-refractivity contribution in [2.24, 2.45) is 11.8 Å². The Hall–Kier alpha value is -0.0800. The Bertz CT molecular complexity index is 197. The Morgan fingerprint density at radius 1 is 1.12 bits per heavy atom. The molecule has 1 saturated heterocycles. The molecule has 1 aliphatic carbocycles. The molecular weight excluding hydrogens is 196 g/mol. The quantitative estimate of drug-likeness (QED) is 0.789.